The molecule has 14 atom stereocenters. The zero-order valence-electron chi connectivity index (χ0n) is 54.2. The van der Waals surface area contributed by atoms with Crippen LogP contribution in [0, 0.1) is 53.3 Å². The number of carbonyl (C=O) groups excluding carboxylic acids is 15. The summed E-state index contributed by atoms with van der Waals surface area (Å²) in [6.07, 6.45) is 10.7. The summed E-state index contributed by atoms with van der Waals surface area (Å²) in [5, 5.41) is 15.8. The van der Waals surface area contributed by atoms with Crippen LogP contribution in [-0.4, -0.2) is 172 Å². The number of hydrogen-bond donors (Lipinski definition) is 8. The second kappa shape index (κ2) is 33.8. The van der Waals surface area contributed by atoms with Crippen molar-refractivity contribution in [2.75, 3.05) is 32.7 Å². The van der Waals surface area contributed by atoms with Crippen molar-refractivity contribution in [1.29, 1.82) is 0 Å². The molecule has 10 N–H and O–H groups in total. The molecule has 7 aliphatic rings. The van der Waals surface area contributed by atoms with Gasteiger partial charge in [0, 0.05) is 77.0 Å². The number of rotatable bonds is 29. The second-order valence-electron chi connectivity index (χ2n) is 25.9. The van der Waals surface area contributed by atoms with Crippen molar-refractivity contribution in [3.8, 4) is 0 Å². The minimum atomic E-state index is -1.32. The number of hydrogen-bond acceptors (Lipinski definition) is 17. The van der Waals surface area contributed by atoms with E-state index in [0.717, 1.165) is 17.7 Å². The highest BCUT2D eigenvalue weighted by Crippen LogP contribution is 2.53. The molecule has 0 spiro atoms. The molecule has 94 heavy (non-hydrogen) atoms. The summed E-state index contributed by atoms with van der Waals surface area (Å²) in [6.45, 7) is 7.40. The lowest BCUT2D eigenvalue weighted by Gasteiger charge is -2.26. The van der Waals surface area contributed by atoms with E-state index in [1.54, 1.807) is 44.2 Å². The number of amides is 10. The number of unbranched alkanes of at least 4 members (excludes halogenated alkanes) is 1. The molecule has 4 bridgehead atoms. The minimum Gasteiger partial charge on any atom is -0.388 e. The number of nitrogens with two attached hydrogens (primary N) is 2. The lowest BCUT2D eigenvalue weighted by Crippen LogP contribution is -2.57. The Morgan fingerprint density at radius 2 is 1.11 bits per heavy atom. The highest BCUT2D eigenvalue weighted by molar-refractivity contribution is 6.08. The zero-order valence-corrected chi connectivity index (χ0v) is 54.2. The molecule has 8 rings (SSSR count). The smallest absolute Gasteiger partial charge is 0.243 e. The number of Topliss-reactive ketones (excluding diaryl/α,β-unsaturated/α-hetero) is 5. The topological polar surface area (TPSA) is 411 Å². The standard InChI is InChI=1S/C39H51N7O8.C28H39N5O7/c1-22(47)17-29-36(51)45-30(18-24-9-4-3-5-10-24)37(52)44-28(12-6-7-16-46-38(53)33-25-13-14-26(19-25)34(33)39(46)54)31(48)20-27(11-8-15-41-23(2)40)35(50)42-21-32(49)43-29;1-15(34)6-9-22(36)21(13-16(2)35)32-26(38)20(5-4-11-30-17(3)29)31-23(37)10-12-33-27(39)24-18-7-8-19(14-18)25(24)28(33)40/h3-5,9-10,13-14,25-30,33-34H,6-8,11-12,15-21H2,1-2H3,(H2,40,41)(H,42,50)(H,43,49)(H,44,52)(H,45,51);7-8,18-21,24-25H,4-6,9-14H2,1-3H3,(H2,29,30)(H,31,37)(H,32,38)/t25-,26?,27-,28+,29?,30-,33+,34?;18-,19?,20+,21+,24+,25?/m11/s1. The van der Waals surface area contributed by atoms with Gasteiger partial charge >= 0.3 is 0 Å². The van der Waals surface area contributed by atoms with Crippen LogP contribution in [0.4, 0.5) is 0 Å². The van der Waals surface area contributed by atoms with Crippen LogP contribution in [0.5, 0.6) is 0 Å². The highest BCUT2D eigenvalue weighted by atomic mass is 16.2. The molecule has 3 heterocycles. The summed E-state index contributed by atoms with van der Waals surface area (Å²) in [5.41, 5.74) is 11.9. The summed E-state index contributed by atoms with van der Waals surface area (Å²) in [7, 11) is 0. The van der Waals surface area contributed by atoms with E-state index in [9.17, 15) is 71.9 Å². The van der Waals surface area contributed by atoms with Gasteiger partial charge in [0.15, 0.2) is 11.6 Å². The first kappa shape index (κ1) is 72.5. The normalized spacial score (nSPS) is 27.3. The van der Waals surface area contributed by atoms with Crippen LogP contribution in [0.3, 0.4) is 0 Å². The van der Waals surface area contributed by atoms with E-state index < -0.39 is 89.7 Å². The number of amidine groups is 2. The van der Waals surface area contributed by atoms with Gasteiger partial charge in [-0.25, -0.2) is 0 Å². The number of nitrogens with one attached hydrogen (secondary N) is 6. The zero-order chi connectivity index (χ0) is 68.5. The summed E-state index contributed by atoms with van der Waals surface area (Å²) in [6, 6.07) is 3.15. The fraction of sp³-hybridized carbons (Fsp3) is 0.597. The predicted molar refractivity (Wildman–Crippen MR) is 342 cm³/mol. The van der Waals surface area contributed by atoms with Crippen LogP contribution in [0.2, 0.25) is 0 Å². The van der Waals surface area contributed by atoms with Crippen molar-refractivity contribution in [3.05, 3.63) is 60.2 Å². The lowest BCUT2D eigenvalue weighted by atomic mass is 9.85. The number of carbonyl (C=O) groups is 15. The average Bonchev–Trinajstić information content (AvgIpc) is 1.59. The number of imide groups is 2. The van der Waals surface area contributed by atoms with Crippen LogP contribution >= 0.6 is 0 Å². The van der Waals surface area contributed by atoms with Crippen molar-refractivity contribution in [1.82, 2.24) is 41.7 Å². The van der Waals surface area contributed by atoms with E-state index in [0.29, 0.717) is 56.0 Å². The van der Waals surface area contributed by atoms with E-state index in [1.807, 2.05) is 24.3 Å². The number of nitrogens with zero attached hydrogens (tertiary/aromatic N) is 4. The second-order valence-corrected chi connectivity index (χ2v) is 25.9. The molecule has 508 valence electrons. The number of aliphatic imine (C=N–C) groups is 2. The first-order chi connectivity index (χ1) is 44.7. The molecule has 27 heteroatoms. The molecule has 0 aromatic heterocycles. The maximum absolute atomic E-state index is 14.1. The third kappa shape index (κ3) is 19.6. The molecule has 27 nitrogen and oxygen atoms in total. The molecule has 1 aromatic rings. The number of ketones is 5. The fourth-order valence-electron chi connectivity index (χ4n) is 13.8. The Hall–Kier alpha value is -8.91. The Balaban J connectivity index is 0.000000278. The first-order valence-corrected chi connectivity index (χ1v) is 32.7. The summed E-state index contributed by atoms with van der Waals surface area (Å²) >= 11 is 0. The van der Waals surface area contributed by atoms with Gasteiger partial charge in [-0.3, -0.25) is 86.9 Å². The molecule has 5 fully saturated rings. The van der Waals surface area contributed by atoms with Gasteiger partial charge in [0.1, 0.15) is 35.5 Å². The van der Waals surface area contributed by atoms with E-state index in [1.165, 1.54) is 25.7 Å². The molecular weight excluding hydrogens is 1210 g/mol. The predicted octanol–water partition coefficient (Wildman–Crippen LogP) is 0.730. The van der Waals surface area contributed by atoms with Crippen molar-refractivity contribution in [3.63, 3.8) is 0 Å². The van der Waals surface area contributed by atoms with Gasteiger partial charge in [0.25, 0.3) is 0 Å². The Morgan fingerprint density at radius 1 is 0.564 bits per heavy atom. The summed E-state index contributed by atoms with van der Waals surface area (Å²) < 4.78 is 0. The van der Waals surface area contributed by atoms with Crippen molar-refractivity contribution in [2.45, 2.75) is 168 Å². The average molecular weight is 1300 g/mol. The third-order valence-electron chi connectivity index (χ3n) is 18.5. The van der Waals surface area contributed by atoms with Gasteiger partial charge in [0.2, 0.25) is 59.1 Å². The van der Waals surface area contributed by atoms with Crippen molar-refractivity contribution < 1.29 is 71.9 Å². The number of benzene rings is 1. The van der Waals surface area contributed by atoms with Gasteiger partial charge in [-0.05, 0) is 122 Å². The summed E-state index contributed by atoms with van der Waals surface area (Å²) in [5.74, 6) is -7.64. The van der Waals surface area contributed by atoms with Crippen molar-refractivity contribution in [2.24, 2.45) is 74.7 Å². The van der Waals surface area contributed by atoms with Gasteiger partial charge in [-0.2, -0.15) is 0 Å². The maximum Gasteiger partial charge on any atom is 0.243 e. The highest BCUT2D eigenvalue weighted by Gasteiger charge is 2.60. The van der Waals surface area contributed by atoms with Crippen LogP contribution in [-0.2, 0) is 78.3 Å². The molecule has 4 aliphatic carbocycles. The molecule has 3 aliphatic heterocycles. The maximum atomic E-state index is 14.1. The minimum absolute atomic E-state index is 0.00702. The van der Waals surface area contributed by atoms with E-state index >= 15 is 0 Å². The monoisotopic (exact) mass is 1300 g/mol. The van der Waals surface area contributed by atoms with E-state index in [4.69, 9.17) is 11.5 Å². The molecule has 2 saturated carbocycles. The number of likely N-dealkylation sites (tertiary alicyclic amines) is 2. The number of fused-ring (bicyclic) bond motifs is 10. The van der Waals surface area contributed by atoms with Crippen molar-refractivity contribution >= 4 is 99.7 Å². The fourth-order valence-corrected chi connectivity index (χ4v) is 13.8. The van der Waals surface area contributed by atoms with Crippen LogP contribution in [0.1, 0.15) is 136 Å². The molecule has 3 saturated heterocycles. The first-order valence-electron chi connectivity index (χ1n) is 32.7. The molecular formula is C67H90N12O15. The Kier molecular flexibility index (Phi) is 26.1. The van der Waals surface area contributed by atoms with Gasteiger partial charge in [-0.15, -0.1) is 0 Å². The van der Waals surface area contributed by atoms with Gasteiger partial charge < -0.3 is 48.2 Å². The molecule has 10 amide bonds. The Labute approximate surface area is 546 Å². The van der Waals surface area contributed by atoms with Gasteiger partial charge in [0.05, 0.1) is 54.0 Å². The van der Waals surface area contributed by atoms with Crippen LogP contribution < -0.4 is 43.4 Å². The molecule has 5 unspecified atom stereocenters. The SMILES string of the molecule is CC(=O)CC1NC(=O)CNC(=O)[C@H](CCCN=C(C)N)CC(=O)[C@H](CCCCN2C(=O)C3C4C=C[C@H](C4)[C@@H]3C2=O)NC(=O)[C@@H](Cc2ccccc2)NC1=O.CC(=O)CCC(=O)[C@H](CC(C)=O)NC(=O)[C@H](CCCN=C(C)N)NC(=O)CCN1C(=O)C2C3C=C[C@H](C3)[C@@H]2C1=O. The largest absolute Gasteiger partial charge is 0.388 e. The van der Waals surface area contributed by atoms with Gasteiger partial charge in [-0.1, -0.05) is 54.6 Å². The third-order valence-corrected chi connectivity index (χ3v) is 18.5. The van der Waals surface area contributed by atoms with Crippen LogP contribution in [0.15, 0.2) is 64.6 Å². The number of allylic oxidation sites excluding steroid dienone is 4. The Bertz CT molecular complexity index is 3170. The summed E-state index contributed by atoms with van der Waals surface area (Å²) in [4.78, 5) is 205. The van der Waals surface area contributed by atoms with E-state index in [-0.39, 0.29) is 166 Å². The van der Waals surface area contributed by atoms with Crippen LogP contribution in [0.25, 0.3) is 0 Å². The quantitative estimate of drug-likeness (QED) is 0.0180. The lowest BCUT2D eigenvalue weighted by molar-refractivity contribution is -0.142. The molecule has 0 radical (unpaired) electrons. The Morgan fingerprint density at radius 3 is 1.65 bits per heavy atom. The van der Waals surface area contributed by atoms with E-state index in [2.05, 4.69) is 41.9 Å². The molecule has 1 aromatic carbocycles.